The largest absolute Gasteiger partial charge is 0.432 e. The van der Waals surface area contributed by atoms with Gasteiger partial charge in [0.15, 0.2) is 0 Å². The summed E-state index contributed by atoms with van der Waals surface area (Å²) in [5.74, 6) is -0.405. The molecular weight excluding hydrogens is 340 g/mol. The third kappa shape index (κ3) is 4.64. The zero-order chi connectivity index (χ0) is 19.1. The molecule has 5 nitrogen and oxygen atoms in total. The van der Waals surface area contributed by atoms with Crippen LogP contribution < -0.4 is 10.4 Å². The van der Waals surface area contributed by atoms with Gasteiger partial charge in [0, 0.05) is 12.1 Å². The number of carbonyl (C=O) groups is 2. The van der Waals surface area contributed by atoms with Crippen LogP contribution in [0, 0.1) is 0 Å². The lowest BCUT2D eigenvalue weighted by atomic mass is 10.1. The molecule has 3 rings (SSSR count). The third-order valence-electron chi connectivity index (χ3n) is 4.15. The van der Waals surface area contributed by atoms with Crippen LogP contribution in [0.3, 0.4) is 0 Å². The van der Waals surface area contributed by atoms with Gasteiger partial charge in [0.25, 0.3) is 5.91 Å². The number of nitrogens with one attached hydrogen (secondary N) is 1. The molecule has 0 aliphatic carbocycles. The molecule has 1 N–H and O–H groups in total. The lowest BCUT2D eigenvalue weighted by Gasteiger charge is -2.21. The molecule has 0 saturated heterocycles. The summed E-state index contributed by atoms with van der Waals surface area (Å²) in [6.07, 6.45) is 1.15. The number of anilines is 1. The number of hydrogen-bond donors (Lipinski definition) is 1. The van der Waals surface area contributed by atoms with Crippen LogP contribution in [0.5, 0.6) is 0 Å². The first-order valence-electron chi connectivity index (χ1n) is 9.03. The fourth-order valence-electron chi connectivity index (χ4n) is 2.70. The molecule has 0 aliphatic heterocycles. The second kappa shape index (κ2) is 8.85. The van der Waals surface area contributed by atoms with Crippen LogP contribution in [0.25, 0.3) is 10.8 Å². The van der Waals surface area contributed by atoms with Crippen molar-refractivity contribution in [3.63, 3.8) is 0 Å². The predicted octanol–water partition coefficient (Wildman–Crippen LogP) is 4.93. The summed E-state index contributed by atoms with van der Waals surface area (Å²) in [4.78, 5) is 30.5. The van der Waals surface area contributed by atoms with E-state index in [1.807, 2.05) is 43.3 Å². The number of rotatable bonds is 5. The Morgan fingerprint density at radius 1 is 0.926 bits per heavy atom. The van der Waals surface area contributed by atoms with E-state index in [9.17, 15) is 9.59 Å². The molecule has 3 aromatic rings. The molecule has 2 amide bonds. The topological polar surface area (TPSA) is 58.6 Å². The van der Waals surface area contributed by atoms with Gasteiger partial charge in [-0.2, -0.15) is 0 Å². The summed E-state index contributed by atoms with van der Waals surface area (Å²) >= 11 is 0. The van der Waals surface area contributed by atoms with Gasteiger partial charge in [0.2, 0.25) is 0 Å². The van der Waals surface area contributed by atoms with Gasteiger partial charge in [-0.3, -0.25) is 4.79 Å². The van der Waals surface area contributed by atoms with Crippen LogP contribution in [0.15, 0.2) is 72.8 Å². The molecule has 0 spiro atoms. The highest BCUT2D eigenvalue weighted by atomic mass is 16.7. The van der Waals surface area contributed by atoms with Crippen LogP contribution in [0.2, 0.25) is 0 Å². The first kappa shape index (κ1) is 18.5. The average molecular weight is 362 g/mol. The van der Waals surface area contributed by atoms with Crippen molar-refractivity contribution in [2.24, 2.45) is 0 Å². The van der Waals surface area contributed by atoms with Crippen LogP contribution in [0.1, 0.15) is 30.1 Å². The third-order valence-corrected chi connectivity index (χ3v) is 4.15. The quantitative estimate of drug-likeness (QED) is 0.517. The van der Waals surface area contributed by atoms with Crippen molar-refractivity contribution in [2.75, 3.05) is 11.6 Å². The van der Waals surface area contributed by atoms with Gasteiger partial charge in [0.05, 0.1) is 5.69 Å². The fraction of sp³-hybridized carbons (Fsp3) is 0.182. The van der Waals surface area contributed by atoms with Crippen molar-refractivity contribution in [2.45, 2.75) is 19.8 Å². The Balaban J connectivity index is 1.86. The number of amides is 2. The van der Waals surface area contributed by atoms with Crippen molar-refractivity contribution in [1.29, 1.82) is 0 Å². The smallest absolute Gasteiger partial charge is 0.320 e. The second-order valence-corrected chi connectivity index (χ2v) is 6.16. The summed E-state index contributed by atoms with van der Waals surface area (Å²) in [7, 11) is 0. The van der Waals surface area contributed by atoms with E-state index < -0.39 is 12.0 Å². The molecule has 5 heteroatoms. The number of hydrogen-bond acceptors (Lipinski definition) is 3. The maximum absolute atomic E-state index is 13.1. The van der Waals surface area contributed by atoms with Gasteiger partial charge in [-0.05, 0) is 41.5 Å². The van der Waals surface area contributed by atoms with E-state index in [0.717, 1.165) is 28.7 Å². The Labute approximate surface area is 158 Å². The van der Waals surface area contributed by atoms with Gasteiger partial charge in [-0.1, -0.05) is 61.9 Å². The van der Waals surface area contributed by atoms with Crippen molar-refractivity contribution in [3.8, 4) is 0 Å². The van der Waals surface area contributed by atoms with Gasteiger partial charge in [-0.25, -0.2) is 4.79 Å². The van der Waals surface area contributed by atoms with E-state index in [0.29, 0.717) is 17.8 Å². The second-order valence-electron chi connectivity index (χ2n) is 6.16. The summed E-state index contributed by atoms with van der Waals surface area (Å²) in [6.45, 7) is 2.54. The zero-order valence-corrected chi connectivity index (χ0v) is 15.2. The van der Waals surface area contributed by atoms with E-state index in [4.69, 9.17) is 4.84 Å². The fourth-order valence-corrected chi connectivity index (χ4v) is 2.70. The van der Waals surface area contributed by atoms with Crippen LogP contribution in [-0.2, 0) is 4.84 Å². The summed E-state index contributed by atoms with van der Waals surface area (Å²) in [6, 6.07) is 22.1. The average Bonchev–Trinajstić information content (AvgIpc) is 2.72. The molecule has 0 heterocycles. The first-order valence-corrected chi connectivity index (χ1v) is 9.03. The SMILES string of the molecule is CCCCNC(=O)ON(C(=O)c1ccc2ccccc2c1)c1ccccc1. The lowest BCUT2D eigenvalue weighted by Crippen LogP contribution is -2.38. The highest BCUT2D eigenvalue weighted by Gasteiger charge is 2.22. The van der Waals surface area contributed by atoms with Crippen molar-refractivity contribution in [3.05, 3.63) is 78.4 Å². The molecule has 27 heavy (non-hydrogen) atoms. The van der Waals surface area contributed by atoms with E-state index in [1.54, 1.807) is 36.4 Å². The van der Waals surface area contributed by atoms with Crippen LogP contribution in [-0.4, -0.2) is 18.5 Å². The minimum atomic E-state index is -0.651. The monoisotopic (exact) mass is 362 g/mol. The van der Waals surface area contributed by atoms with E-state index in [2.05, 4.69) is 5.32 Å². The van der Waals surface area contributed by atoms with Gasteiger partial charge < -0.3 is 10.2 Å². The maximum atomic E-state index is 13.1. The van der Waals surface area contributed by atoms with Crippen molar-refractivity contribution in [1.82, 2.24) is 5.32 Å². The standard InChI is InChI=1S/C22H22N2O3/c1-2-3-15-23-22(26)27-24(20-11-5-4-6-12-20)21(25)19-14-13-17-9-7-8-10-18(17)16-19/h4-14,16H,2-3,15H2,1H3,(H,23,26). The zero-order valence-electron chi connectivity index (χ0n) is 15.2. The first-order chi connectivity index (χ1) is 13.2. The predicted molar refractivity (Wildman–Crippen MR) is 107 cm³/mol. The molecule has 0 bridgehead atoms. The molecule has 0 fully saturated rings. The Bertz CT molecular complexity index is 925. The molecule has 0 saturated carbocycles. The molecule has 0 radical (unpaired) electrons. The Morgan fingerprint density at radius 2 is 1.63 bits per heavy atom. The van der Waals surface area contributed by atoms with E-state index >= 15 is 0 Å². The van der Waals surface area contributed by atoms with Crippen LogP contribution in [0.4, 0.5) is 10.5 Å². The Hall–Kier alpha value is -3.34. The number of carbonyl (C=O) groups excluding carboxylic acids is 2. The minimum absolute atomic E-state index is 0.405. The van der Waals surface area contributed by atoms with E-state index in [-0.39, 0.29) is 0 Å². The van der Waals surface area contributed by atoms with Crippen molar-refractivity contribution >= 4 is 28.5 Å². The number of para-hydroxylation sites is 1. The number of nitrogens with zero attached hydrogens (tertiary/aromatic N) is 1. The molecule has 138 valence electrons. The normalized spacial score (nSPS) is 10.4. The minimum Gasteiger partial charge on any atom is -0.320 e. The lowest BCUT2D eigenvalue weighted by molar-refractivity contribution is 0.0775. The highest BCUT2D eigenvalue weighted by Crippen LogP contribution is 2.21. The molecular formula is C22H22N2O3. The maximum Gasteiger partial charge on any atom is 0.432 e. The molecule has 0 aliphatic rings. The number of benzene rings is 3. The van der Waals surface area contributed by atoms with Crippen molar-refractivity contribution < 1.29 is 14.4 Å². The molecule has 0 unspecified atom stereocenters. The molecule has 3 aromatic carbocycles. The highest BCUT2D eigenvalue weighted by molar-refractivity contribution is 6.07. The van der Waals surface area contributed by atoms with Gasteiger partial charge >= 0.3 is 6.09 Å². The Morgan fingerprint density at radius 3 is 2.37 bits per heavy atom. The van der Waals surface area contributed by atoms with Gasteiger partial charge in [-0.15, -0.1) is 5.06 Å². The van der Waals surface area contributed by atoms with Gasteiger partial charge in [0.1, 0.15) is 0 Å². The van der Waals surface area contributed by atoms with E-state index in [1.165, 1.54) is 0 Å². The number of hydroxylamine groups is 1. The number of fused-ring (bicyclic) bond motifs is 1. The summed E-state index contributed by atoms with van der Waals surface area (Å²) in [5.41, 5.74) is 0.931. The molecule has 0 aromatic heterocycles. The Kier molecular flexibility index (Phi) is 6.05. The molecule has 0 atom stereocenters. The summed E-state index contributed by atoms with van der Waals surface area (Å²) < 4.78 is 0. The van der Waals surface area contributed by atoms with Crippen LogP contribution >= 0.6 is 0 Å². The summed E-state index contributed by atoms with van der Waals surface area (Å²) in [5, 5.41) is 5.69. The number of unbranched alkanes of at least 4 members (excludes halogenated alkanes) is 1.